The molecule has 0 aliphatic carbocycles. The number of nitrogens with zero attached hydrogens (tertiary/aromatic N) is 3. The zero-order valence-corrected chi connectivity index (χ0v) is 16.7. The summed E-state index contributed by atoms with van der Waals surface area (Å²) in [7, 11) is 3.73. The molecule has 2 aromatic rings. The molecule has 0 saturated carbocycles. The van der Waals surface area contributed by atoms with Crippen molar-refractivity contribution in [1.29, 1.82) is 0 Å². The van der Waals surface area contributed by atoms with E-state index < -0.39 is 0 Å². The summed E-state index contributed by atoms with van der Waals surface area (Å²) in [6, 6.07) is 10.8. The van der Waals surface area contributed by atoms with Crippen LogP contribution in [0, 0.1) is 6.92 Å². The van der Waals surface area contributed by atoms with Crippen molar-refractivity contribution in [3.63, 3.8) is 0 Å². The Balaban J connectivity index is 1.34. The van der Waals surface area contributed by atoms with Crippen LogP contribution in [0.2, 0.25) is 0 Å². The van der Waals surface area contributed by atoms with E-state index in [9.17, 15) is 4.79 Å². The SMILES string of the molecule is COCc1c(C(=O)N2CC3(CC(N(C)Cc4ccccc4)CO3)C2)noc1C. The molecular weight excluding hydrogens is 358 g/mol. The molecule has 1 aromatic carbocycles. The van der Waals surface area contributed by atoms with E-state index >= 15 is 0 Å². The van der Waals surface area contributed by atoms with E-state index in [1.165, 1.54) is 5.56 Å². The van der Waals surface area contributed by atoms with Crippen LogP contribution >= 0.6 is 0 Å². The number of hydrogen-bond donors (Lipinski definition) is 0. The van der Waals surface area contributed by atoms with Gasteiger partial charge in [-0.2, -0.15) is 0 Å². The lowest BCUT2D eigenvalue weighted by Crippen LogP contribution is -2.63. The summed E-state index contributed by atoms with van der Waals surface area (Å²) in [5.41, 5.74) is 2.14. The molecule has 1 amide bonds. The van der Waals surface area contributed by atoms with Crippen molar-refractivity contribution in [2.75, 3.05) is 33.9 Å². The molecule has 1 spiro atoms. The maximum Gasteiger partial charge on any atom is 0.276 e. The number of amides is 1. The molecule has 2 saturated heterocycles. The second-order valence-corrected chi connectivity index (χ2v) is 7.91. The largest absolute Gasteiger partial charge is 0.380 e. The van der Waals surface area contributed by atoms with Crippen molar-refractivity contribution >= 4 is 5.91 Å². The van der Waals surface area contributed by atoms with Gasteiger partial charge in [0.2, 0.25) is 0 Å². The quantitative estimate of drug-likeness (QED) is 0.760. The highest BCUT2D eigenvalue weighted by molar-refractivity contribution is 5.94. The Morgan fingerprint density at radius 3 is 2.82 bits per heavy atom. The van der Waals surface area contributed by atoms with Crippen LogP contribution in [0.5, 0.6) is 0 Å². The molecule has 2 aliphatic heterocycles. The first kappa shape index (κ1) is 19.1. The van der Waals surface area contributed by atoms with Crippen molar-refractivity contribution < 1.29 is 18.8 Å². The van der Waals surface area contributed by atoms with E-state index in [4.69, 9.17) is 14.0 Å². The fourth-order valence-electron chi connectivity index (χ4n) is 4.14. The number of likely N-dealkylation sites (tertiary alicyclic amines) is 1. The van der Waals surface area contributed by atoms with Crippen LogP contribution < -0.4 is 0 Å². The molecule has 7 nitrogen and oxygen atoms in total. The Kier molecular flexibility index (Phi) is 5.23. The molecule has 0 radical (unpaired) electrons. The lowest BCUT2D eigenvalue weighted by atomic mass is 9.88. The van der Waals surface area contributed by atoms with Gasteiger partial charge in [0.15, 0.2) is 5.69 Å². The van der Waals surface area contributed by atoms with E-state index in [1.54, 1.807) is 18.9 Å². The summed E-state index contributed by atoms with van der Waals surface area (Å²) in [5, 5.41) is 3.95. The summed E-state index contributed by atoms with van der Waals surface area (Å²) in [6.45, 7) is 4.90. The molecule has 1 aromatic heterocycles. The van der Waals surface area contributed by atoms with Crippen LogP contribution in [0.15, 0.2) is 34.9 Å². The lowest BCUT2D eigenvalue weighted by molar-refractivity contribution is -0.0953. The molecule has 0 N–H and O–H groups in total. The fourth-order valence-corrected chi connectivity index (χ4v) is 4.14. The Hall–Kier alpha value is -2.22. The zero-order chi connectivity index (χ0) is 19.7. The molecule has 3 heterocycles. The minimum atomic E-state index is -0.231. The minimum absolute atomic E-state index is 0.112. The predicted octanol–water partition coefficient (Wildman–Crippen LogP) is 2.24. The third-order valence-electron chi connectivity index (χ3n) is 5.81. The molecule has 150 valence electrons. The lowest BCUT2D eigenvalue weighted by Gasteiger charge is -2.47. The van der Waals surface area contributed by atoms with Crippen LogP contribution in [0.1, 0.15) is 33.8 Å². The first-order valence-corrected chi connectivity index (χ1v) is 9.63. The molecule has 1 atom stereocenters. The third kappa shape index (κ3) is 3.57. The van der Waals surface area contributed by atoms with Crippen LogP contribution in [-0.2, 0) is 22.6 Å². The second-order valence-electron chi connectivity index (χ2n) is 7.91. The van der Waals surface area contributed by atoms with Crippen molar-refractivity contribution in [1.82, 2.24) is 15.0 Å². The zero-order valence-electron chi connectivity index (χ0n) is 16.7. The van der Waals surface area contributed by atoms with E-state index in [2.05, 4.69) is 41.4 Å². The van der Waals surface area contributed by atoms with Gasteiger partial charge in [-0.25, -0.2) is 0 Å². The number of likely N-dealkylation sites (N-methyl/N-ethyl adjacent to an activating group) is 1. The first-order valence-electron chi connectivity index (χ1n) is 9.63. The number of rotatable bonds is 6. The molecule has 2 fully saturated rings. The molecular formula is C21H27N3O4. The van der Waals surface area contributed by atoms with Crippen molar-refractivity contribution in [2.45, 2.75) is 38.1 Å². The highest BCUT2D eigenvalue weighted by Gasteiger charge is 2.52. The van der Waals surface area contributed by atoms with Crippen LogP contribution in [0.25, 0.3) is 0 Å². The highest BCUT2D eigenvalue weighted by atomic mass is 16.5. The Morgan fingerprint density at radius 2 is 2.11 bits per heavy atom. The topological polar surface area (TPSA) is 68.0 Å². The molecule has 0 bridgehead atoms. The number of aromatic nitrogens is 1. The number of carbonyl (C=O) groups excluding carboxylic acids is 1. The molecule has 28 heavy (non-hydrogen) atoms. The number of ether oxygens (including phenoxy) is 2. The predicted molar refractivity (Wildman–Crippen MR) is 103 cm³/mol. The van der Waals surface area contributed by atoms with Crippen LogP contribution in [0.4, 0.5) is 0 Å². The molecule has 7 heteroatoms. The Morgan fingerprint density at radius 1 is 1.36 bits per heavy atom. The van der Waals surface area contributed by atoms with Crippen molar-refractivity contribution in [2.24, 2.45) is 0 Å². The van der Waals surface area contributed by atoms with E-state index in [1.807, 2.05) is 6.07 Å². The maximum absolute atomic E-state index is 12.8. The fraction of sp³-hybridized carbons (Fsp3) is 0.524. The molecule has 4 rings (SSSR count). The van der Waals surface area contributed by atoms with Gasteiger partial charge in [-0.1, -0.05) is 35.5 Å². The summed E-state index contributed by atoms with van der Waals surface area (Å²) in [5.74, 6) is 0.513. The van der Waals surface area contributed by atoms with Gasteiger partial charge in [-0.05, 0) is 26.0 Å². The third-order valence-corrected chi connectivity index (χ3v) is 5.81. The second kappa shape index (κ2) is 7.66. The van der Waals surface area contributed by atoms with Gasteiger partial charge in [0, 0.05) is 19.7 Å². The number of methoxy groups -OCH3 is 1. The number of benzene rings is 1. The van der Waals surface area contributed by atoms with Gasteiger partial charge in [-0.15, -0.1) is 0 Å². The number of carbonyl (C=O) groups is 1. The normalized spacial score (nSPS) is 20.7. The van der Waals surface area contributed by atoms with Crippen molar-refractivity contribution in [3.05, 3.63) is 52.9 Å². The number of aryl methyl sites for hydroxylation is 1. The summed E-state index contributed by atoms with van der Waals surface area (Å²) < 4.78 is 16.5. The van der Waals surface area contributed by atoms with E-state index in [0.29, 0.717) is 43.8 Å². The summed E-state index contributed by atoms with van der Waals surface area (Å²) in [4.78, 5) is 16.9. The van der Waals surface area contributed by atoms with Gasteiger partial charge < -0.3 is 18.9 Å². The first-order chi connectivity index (χ1) is 13.5. The average Bonchev–Trinajstić information content (AvgIpc) is 3.26. The standard InChI is InChI=1S/C21H27N3O4/c1-15-18(12-26-3)19(22-28-15)20(25)24-13-21(14-24)9-17(11-27-21)23(2)10-16-7-5-4-6-8-16/h4-8,17H,9-14H2,1-3H3. The maximum atomic E-state index is 12.8. The van der Waals surface area contributed by atoms with Gasteiger partial charge in [0.1, 0.15) is 11.4 Å². The van der Waals surface area contributed by atoms with E-state index in [0.717, 1.165) is 18.5 Å². The summed E-state index contributed by atoms with van der Waals surface area (Å²) in [6.07, 6.45) is 0.933. The Labute approximate surface area is 165 Å². The van der Waals surface area contributed by atoms with Gasteiger partial charge in [0.05, 0.1) is 31.9 Å². The van der Waals surface area contributed by atoms with Gasteiger partial charge in [-0.3, -0.25) is 9.69 Å². The van der Waals surface area contributed by atoms with Crippen molar-refractivity contribution in [3.8, 4) is 0 Å². The van der Waals surface area contributed by atoms with Crippen LogP contribution in [-0.4, -0.2) is 66.4 Å². The summed E-state index contributed by atoms with van der Waals surface area (Å²) >= 11 is 0. The smallest absolute Gasteiger partial charge is 0.276 e. The molecule has 1 unspecified atom stereocenters. The average molecular weight is 385 g/mol. The highest BCUT2D eigenvalue weighted by Crippen LogP contribution is 2.38. The molecule has 2 aliphatic rings. The van der Waals surface area contributed by atoms with Gasteiger partial charge in [0.25, 0.3) is 5.91 Å². The Bertz CT molecular complexity index is 829. The number of hydrogen-bond acceptors (Lipinski definition) is 6. The minimum Gasteiger partial charge on any atom is -0.380 e. The van der Waals surface area contributed by atoms with Gasteiger partial charge >= 0.3 is 0 Å². The van der Waals surface area contributed by atoms with Crippen LogP contribution in [0.3, 0.4) is 0 Å². The van der Waals surface area contributed by atoms with E-state index in [-0.39, 0.29) is 11.5 Å². The monoisotopic (exact) mass is 385 g/mol.